The van der Waals surface area contributed by atoms with Gasteiger partial charge >= 0.3 is 0 Å². The van der Waals surface area contributed by atoms with Gasteiger partial charge < -0.3 is 10.0 Å². The second-order valence-electron chi connectivity index (χ2n) is 6.71. The number of nitrogens with zero attached hydrogens (tertiary/aromatic N) is 3. The molecule has 4 nitrogen and oxygen atoms in total. The monoisotopic (exact) mass is 295 g/mol. The second kappa shape index (κ2) is 6.81. The first-order chi connectivity index (χ1) is 9.86. The number of rotatable bonds is 4. The summed E-state index contributed by atoms with van der Waals surface area (Å²) in [6.45, 7) is 11.8. The van der Waals surface area contributed by atoms with E-state index >= 15 is 0 Å². The molecule has 1 unspecified atom stereocenters. The molecule has 1 aliphatic rings. The van der Waals surface area contributed by atoms with E-state index in [-0.39, 0.29) is 11.4 Å². The van der Waals surface area contributed by atoms with Crippen LogP contribution in [0, 0.1) is 5.82 Å². The van der Waals surface area contributed by atoms with Gasteiger partial charge in [0.1, 0.15) is 5.82 Å². The quantitative estimate of drug-likeness (QED) is 0.923. The predicted molar refractivity (Wildman–Crippen MR) is 81.5 cm³/mol. The van der Waals surface area contributed by atoms with Gasteiger partial charge in [-0.15, -0.1) is 0 Å². The van der Waals surface area contributed by atoms with Gasteiger partial charge in [-0.3, -0.25) is 9.88 Å². The third-order valence-corrected chi connectivity index (χ3v) is 4.13. The Hall–Kier alpha value is -1.04. The van der Waals surface area contributed by atoms with Crippen LogP contribution < -0.4 is 0 Å². The van der Waals surface area contributed by atoms with Gasteiger partial charge in [0.15, 0.2) is 0 Å². The summed E-state index contributed by atoms with van der Waals surface area (Å²) >= 11 is 0. The van der Waals surface area contributed by atoms with Crippen LogP contribution in [0.25, 0.3) is 0 Å². The van der Waals surface area contributed by atoms with Crippen LogP contribution in [0.5, 0.6) is 0 Å². The Kier molecular flexibility index (Phi) is 5.30. The van der Waals surface area contributed by atoms with E-state index in [2.05, 4.69) is 35.6 Å². The number of halogens is 1. The highest BCUT2D eigenvalue weighted by molar-refractivity contribution is 5.08. The topological polar surface area (TPSA) is 39.6 Å². The molecule has 2 heterocycles. The van der Waals surface area contributed by atoms with Gasteiger partial charge in [0.05, 0.1) is 18.0 Å². The highest BCUT2D eigenvalue weighted by Crippen LogP contribution is 2.18. The van der Waals surface area contributed by atoms with E-state index in [1.807, 2.05) is 0 Å². The molecule has 1 N–H and O–H groups in total. The maximum atomic E-state index is 12.8. The summed E-state index contributed by atoms with van der Waals surface area (Å²) < 4.78 is 12.8. The maximum Gasteiger partial charge on any atom is 0.141 e. The van der Waals surface area contributed by atoms with E-state index in [0.29, 0.717) is 12.1 Å². The third kappa shape index (κ3) is 4.73. The van der Waals surface area contributed by atoms with Gasteiger partial charge in [-0.2, -0.15) is 0 Å². The Labute approximate surface area is 126 Å². The summed E-state index contributed by atoms with van der Waals surface area (Å²) in [5, 5.41) is 10.1. The van der Waals surface area contributed by atoms with Crippen LogP contribution >= 0.6 is 0 Å². The molecule has 5 heteroatoms. The number of piperazine rings is 1. The average molecular weight is 295 g/mol. The fourth-order valence-corrected chi connectivity index (χ4v) is 2.68. The molecule has 2 rings (SSSR count). The van der Waals surface area contributed by atoms with Gasteiger partial charge in [-0.1, -0.05) is 0 Å². The van der Waals surface area contributed by atoms with Gasteiger partial charge in [-0.25, -0.2) is 4.39 Å². The van der Waals surface area contributed by atoms with Gasteiger partial charge in [-0.05, 0) is 39.3 Å². The number of hydrogen-bond donors (Lipinski definition) is 1. The molecule has 0 bridgehead atoms. The molecule has 0 aliphatic carbocycles. The van der Waals surface area contributed by atoms with E-state index in [1.165, 1.54) is 6.07 Å². The molecule has 1 atom stereocenters. The lowest BCUT2D eigenvalue weighted by Crippen LogP contribution is -2.53. The van der Waals surface area contributed by atoms with Crippen molar-refractivity contribution in [2.24, 2.45) is 0 Å². The smallest absolute Gasteiger partial charge is 0.141 e. The van der Waals surface area contributed by atoms with Crippen molar-refractivity contribution in [2.75, 3.05) is 32.7 Å². The Morgan fingerprint density at radius 2 is 1.90 bits per heavy atom. The Balaban J connectivity index is 1.76. The first kappa shape index (κ1) is 16.3. The minimum atomic E-state index is -0.619. The fraction of sp³-hybridized carbons (Fsp3) is 0.688. The predicted octanol–water partition coefficient (Wildman–Crippen LogP) is 2.06. The van der Waals surface area contributed by atoms with E-state index in [9.17, 15) is 9.50 Å². The minimum Gasteiger partial charge on any atom is -0.387 e. The summed E-state index contributed by atoms with van der Waals surface area (Å²) in [6.07, 6.45) is 1.17. The Bertz CT molecular complexity index is 436. The highest BCUT2D eigenvalue weighted by atomic mass is 19.1. The molecule has 1 aliphatic heterocycles. The number of aromatic nitrogens is 1. The van der Waals surface area contributed by atoms with Gasteiger partial charge in [0.2, 0.25) is 0 Å². The van der Waals surface area contributed by atoms with Crippen LogP contribution in [0.1, 0.15) is 39.0 Å². The van der Waals surface area contributed by atoms with Crippen LogP contribution in [-0.4, -0.2) is 58.2 Å². The zero-order valence-corrected chi connectivity index (χ0v) is 13.2. The number of aliphatic hydroxyl groups is 1. The van der Waals surface area contributed by atoms with Gasteiger partial charge in [0.25, 0.3) is 0 Å². The Morgan fingerprint density at radius 3 is 2.43 bits per heavy atom. The average Bonchev–Trinajstić information content (AvgIpc) is 2.45. The number of pyridine rings is 1. The molecule has 1 fully saturated rings. The minimum absolute atomic E-state index is 0.226. The van der Waals surface area contributed by atoms with E-state index < -0.39 is 6.10 Å². The summed E-state index contributed by atoms with van der Waals surface area (Å²) in [7, 11) is 0. The lowest BCUT2D eigenvalue weighted by atomic mass is 10.0. The second-order valence-corrected chi connectivity index (χ2v) is 6.71. The molecular formula is C16H26FN3O. The van der Waals surface area contributed by atoms with Crippen molar-refractivity contribution in [3.8, 4) is 0 Å². The fourth-order valence-electron chi connectivity index (χ4n) is 2.68. The van der Waals surface area contributed by atoms with Crippen molar-refractivity contribution in [2.45, 2.75) is 38.8 Å². The first-order valence-electron chi connectivity index (χ1n) is 7.63. The molecule has 21 heavy (non-hydrogen) atoms. The standard InChI is InChI=1S/C16H26FN3O/c1-16(2,3)20-10-8-19(9-11-20)7-6-15(21)14-5-4-13(17)12-18-14/h4-5,12,15,21H,6-11H2,1-3H3. The van der Waals surface area contributed by atoms with Crippen molar-refractivity contribution in [3.05, 3.63) is 29.8 Å². The van der Waals surface area contributed by atoms with Crippen LogP contribution in [0.2, 0.25) is 0 Å². The van der Waals surface area contributed by atoms with E-state index in [1.54, 1.807) is 6.07 Å². The van der Waals surface area contributed by atoms with Crippen LogP contribution in [0.4, 0.5) is 4.39 Å². The van der Waals surface area contributed by atoms with E-state index in [4.69, 9.17) is 0 Å². The molecule has 118 valence electrons. The van der Waals surface area contributed by atoms with Crippen LogP contribution in [0.3, 0.4) is 0 Å². The molecule has 0 spiro atoms. The van der Waals surface area contributed by atoms with Crippen molar-refractivity contribution >= 4 is 0 Å². The molecule has 0 amide bonds. The molecule has 1 aromatic heterocycles. The summed E-state index contributed by atoms with van der Waals surface area (Å²) in [5.74, 6) is -0.371. The third-order valence-electron chi connectivity index (χ3n) is 4.13. The van der Waals surface area contributed by atoms with Crippen molar-refractivity contribution in [3.63, 3.8) is 0 Å². The molecule has 0 saturated carbocycles. The summed E-state index contributed by atoms with van der Waals surface area (Å²) in [5.41, 5.74) is 0.772. The lowest BCUT2D eigenvalue weighted by Gasteiger charge is -2.42. The lowest BCUT2D eigenvalue weighted by molar-refractivity contribution is 0.0528. The molecule has 1 aromatic rings. The molecule has 0 aromatic carbocycles. The Morgan fingerprint density at radius 1 is 1.24 bits per heavy atom. The molecular weight excluding hydrogens is 269 g/mol. The maximum absolute atomic E-state index is 12.8. The van der Waals surface area contributed by atoms with Crippen LogP contribution in [-0.2, 0) is 0 Å². The highest BCUT2D eigenvalue weighted by Gasteiger charge is 2.25. The van der Waals surface area contributed by atoms with Crippen molar-refractivity contribution in [1.82, 2.24) is 14.8 Å². The number of aliphatic hydroxyl groups excluding tert-OH is 1. The van der Waals surface area contributed by atoms with Crippen molar-refractivity contribution in [1.29, 1.82) is 0 Å². The van der Waals surface area contributed by atoms with Crippen molar-refractivity contribution < 1.29 is 9.50 Å². The van der Waals surface area contributed by atoms with Crippen LogP contribution in [0.15, 0.2) is 18.3 Å². The molecule has 1 saturated heterocycles. The zero-order valence-electron chi connectivity index (χ0n) is 13.2. The zero-order chi connectivity index (χ0) is 15.5. The number of hydrogen-bond acceptors (Lipinski definition) is 4. The summed E-state index contributed by atoms with van der Waals surface area (Å²) in [4.78, 5) is 8.79. The normalized spacial score (nSPS) is 19.7. The van der Waals surface area contributed by atoms with Gasteiger partial charge in [0, 0.05) is 38.3 Å². The largest absolute Gasteiger partial charge is 0.387 e. The summed E-state index contributed by atoms with van der Waals surface area (Å²) in [6, 6.07) is 2.89. The molecule has 0 radical (unpaired) electrons. The van der Waals surface area contributed by atoms with E-state index in [0.717, 1.165) is 38.9 Å². The SMILES string of the molecule is CC(C)(C)N1CCN(CCC(O)c2ccc(F)cn2)CC1. The first-order valence-corrected chi connectivity index (χ1v) is 7.63.